The van der Waals surface area contributed by atoms with Gasteiger partial charge in [0.25, 0.3) is 0 Å². The Hall–Kier alpha value is -0.0400. The molecule has 0 bridgehead atoms. The Labute approximate surface area is 115 Å². The minimum absolute atomic E-state index is 0.789. The normalized spacial score (nSPS) is 26.5. The van der Waals surface area contributed by atoms with Crippen LogP contribution >= 0.6 is 0 Å². The minimum atomic E-state index is 0.789. The van der Waals surface area contributed by atoms with Crippen molar-refractivity contribution >= 4 is 0 Å². The van der Waals surface area contributed by atoms with Gasteiger partial charge in [-0.15, -0.1) is 0 Å². The molecule has 1 saturated carbocycles. The smallest absolute Gasteiger partial charge is 0.00980 e. The predicted molar refractivity (Wildman–Crippen MR) is 81.9 cm³/mol. The third kappa shape index (κ3) is 5.30. The molecule has 18 heavy (non-hydrogen) atoms. The van der Waals surface area contributed by atoms with Gasteiger partial charge in [0.05, 0.1) is 0 Å². The highest BCUT2D eigenvalue weighted by atomic mass is 14.9. The van der Waals surface area contributed by atoms with Crippen molar-refractivity contribution in [1.82, 2.24) is 5.32 Å². The van der Waals surface area contributed by atoms with Crippen LogP contribution in [0.15, 0.2) is 0 Å². The Morgan fingerprint density at radius 2 is 1.83 bits per heavy atom. The first-order chi connectivity index (χ1) is 8.71. The van der Waals surface area contributed by atoms with Crippen LogP contribution in [0.3, 0.4) is 0 Å². The third-order valence-corrected chi connectivity index (χ3v) is 4.94. The van der Waals surface area contributed by atoms with Crippen molar-refractivity contribution in [1.29, 1.82) is 0 Å². The van der Waals surface area contributed by atoms with E-state index >= 15 is 0 Å². The van der Waals surface area contributed by atoms with Crippen LogP contribution in [0.2, 0.25) is 0 Å². The summed E-state index contributed by atoms with van der Waals surface area (Å²) in [7, 11) is 0. The number of rotatable bonds is 8. The van der Waals surface area contributed by atoms with Crippen LogP contribution in [-0.4, -0.2) is 12.6 Å². The zero-order valence-corrected chi connectivity index (χ0v) is 13.2. The van der Waals surface area contributed by atoms with Crippen molar-refractivity contribution in [3.63, 3.8) is 0 Å². The second-order valence-electron chi connectivity index (χ2n) is 6.51. The number of hydrogen-bond acceptors (Lipinski definition) is 1. The van der Waals surface area contributed by atoms with Crippen LogP contribution in [-0.2, 0) is 0 Å². The van der Waals surface area contributed by atoms with Gasteiger partial charge in [-0.25, -0.2) is 0 Å². The summed E-state index contributed by atoms with van der Waals surface area (Å²) in [5.41, 5.74) is 0. The molecule has 1 N–H and O–H groups in total. The molecule has 1 nitrogen and oxygen atoms in total. The van der Waals surface area contributed by atoms with Crippen molar-refractivity contribution in [2.45, 2.75) is 85.1 Å². The van der Waals surface area contributed by atoms with E-state index in [1.807, 2.05) is 0 Å². The van der Waals surface area contributed by atoms with Crippen LogP contribution in [0.25, 0.3) is 0 Å². The summed E-state index contributed by atoms with van der Waals surface area (Å²) >= 11 is 0. The van der Waals surface area contributed by atoms with Gasteiger partial charge < -0.3 is 5.32 Å². The van der Waals surface area contributed by atoms with Crippen molar-refractivity contribution in [2.24, 2.45) is 17.8 Å². The second kappa shape index (κ2) is 8.96. The molecule has 1 aliphatic carbocycles. The van der Waals surface area contributed by atoms with E-state index in [1.165, 1.54) is 57.9 Å². The molecule has 0 aromatic carbocycles. The summed E-state index contributed by atoms with van der Waals surface area (Å²) in [5.74, 6) is 2.83. The SMILES string of the molecule is CCCNC(CC(CC)CC)C1CCCC(C)C1. The first kappa shape index (κ1) is 16.0. The van der Waals surface area contributed by atoms with Crippen LogP contribution in [0, 0.1) is 17.8 Å². The van der Waals surface area contributed by atoms with Gasteiger partial charge in [0.1, 0.15) is 0 Å². The van der Waals surface area contributed by atoms with E-state index in [1.54, 1.807) is 0 Å². The molecule has 0 heterocycles. The average molecular weight is 253 g/mol. The lowest BCUT2D eigenvalue weighted by molar-refractivity contribution is 0.196. The molecule has 0 aromatic rings. The molecular weight excluding hydrogens is 218 g/mol. The van der Waals surface area contributed by atoms with Gasteiger partial charge >= 0.3 is 0 Å². The molecule has 3 unspecified atom stereocenters. The maximum Gasteiger partial charge on any atom is 0.00980 e. The van der Waals surface area contributed by atoms with E-state index in [0.717, 1.165) is 23.8 Å². The van der Waals surface area contributed by atoms with Crippen LogP contribution < -0.4 is 5.32 Å². The summed E-state index contributed by atoms with van der Waals surface area (Å²) in [4.78, 5) is 0. The molecule has 1 rings (SSSR count). The lowest BCUT2D eigenvalue weighted by atomic mass is 9.76. The predicted octanol–water partition coefficient (Wildman–Crippen LogP) is 5.01. The summed E-state index contributed by atoms with van der Waals surface area (Å²) in [5, 5.41) is 3.86. The first-order valence-electron chi connectivity index (χ1n) is 8.44. The highest BCUT2D eigenvalue weighted by molar-refractivity contribution is 4.83. The van der Waals surface area contributed by atoms with Crippen molar-refractivity contribution in [3.05, 3.63) is 0 Å². The van der Waals surface area contributed by atoms with Crippen molar-refractivity contribution in [2.75, 3.05) is 6.54 Å². The molecule has 0 amide bonds. The molecule has 3 atom stereocenters. The average Bonchev–Trinajstić information content (AvgIpc) is 2.39. The van der Waals surface area contributed by atoms with Crippen LogP contribution in [0.4, 0.5) is 0 Å². The fraction of sp³-hybridized carbons (Fsp3) is 1.00. The fourth-order valence-corrected chi connectivity index (χ4v) is 3.60. The van der Waals surface area contributed by atoms with E-state index in [-0.39, 0.29) is 0 Å². The van der Waals surface area contributed by atoms with E-state index < -0.39 is 0 Å². The van der Waals surface area contributed by atoms with E-state index in [9.17, 15) is 0 Å². The topological polar surface area (TPSA) is 12.0 Å². The quantitative estimate of drug-likeness (QED) is 0.641. The Kier molecular flexibility index (Phi) is 7.97. The maximum atomic E-state index is 3.86. The fourth-order valence-electron chi connectivity index (χ4n) is 3.60. The number of hydrogen-bond donors (Lipinski definition) is 1. The van der Waals surface area contributed by atoms with Crippen molar-refractivity contribution in [3.8, 4) is 0 Å². The van der Waals surface area contributed by atoms with Crippen molar-refractivity contribution < 1.29 is 0 Å². The molecule has 0 spiro atoms. The number of nitrogens with one attached hydrogen (secondary N) is 1. The van der Waals surface area contributed by atoms with E-state index in [0.29, 0.717) is 0 Å². The molecule has 0 saturated heterocycles. The lowest BCUT2D eigenvalue weighted by Crippen LogP contribution is -2.40. The summed E-state index contributed by atoms with van der Waals surface area (Å²) in [6.45, 7) is 10.6. The van der Waals surface area contributed by atoms with Crippen LogP contribution in [0.5, 0.6) is 0 Å². The molecule has 108 valence electrons. The van der Waals surface area contributed by atoms with Gasteiger partial charge in [0.15, 0.2) is 0 Å². The van der Waals surface area contributed by atoms with Crippen LogP contribution in [0.1, 0.15) is 79.1 Å². The van der Waals surface area contributed by atoms with Gasteiger partial charge in [-0.3, -0.25) is 0 Å². The van der Waals surface area contributed by atoms with Gasteiger partial charge in [0.2, 0.25) is 0 Å². The molecule has 0 radical (unpaired) electrons. The minimum Gasteiger partial charge on any atom is -0.314 e. The first-order valence-corrected chi connectivity index (χ1v) is 8.44. The third-order valence-electron chi connectivity index (χ3n) is 4.94. The standard InChI is InChI=1S/C17H35N/c1-5-11-18-17(13-15(6-2)7-3)16-10-8-9-14(4)12-16/h14-18H,5-13H2,1-4H3. The maximum absolute atomic E-state index is 3.86. The molecule has 1 heteroatoms. The van der Waals surface area contributed by atoms with E-state index in [2.05, 4.69) is 33.0 Å². The van der Waals surface area contributed by atoms with E-state index in [4.69, 9.17) is 0 Å². The Balaban J connectivity index is 2.52. The lowest BCUT2D eigenvalue weighted by Gasteiger charge is -2.35. The highest BCUT2D eigenvalue weighted by Gasteiger charge is 2.27. The Morgan fingerprint density at radius 3 is 2.39 bits per heavy atom. The molecular formula is C17H35N. The van der Waals surface area contributed by atoms with Gasteiger partial charge in [-0.1, -0.05) is 53.4 Å². The molecule has 0 aromatic heterocycles. The Bertz CT molecular complexity index is 198. The largest absolute Gasteiger partial charge is 0.314 e. The second-order valence-corrected chi connectivity index (χ2v) is 6.51. The molecule has 1 aliphatic rings. The monoisotopic (exact) mass is 253 g/mol. The zero-order valence-electron chi connectivity index (χ0n) is 13.2. The van der Waals surface area contributed by atoms with Gasteiger partial charge in [-0.05, 0) is 50.0 Å². The highest BCUT2D eigenvalue weighted by Crippen LogP contribution is 2.33. The summed E-state index contributed by atoms with van der Waals surface area (Å²) < 4.78 is 0. The molecule has 1 fully saturated rings. The zero-order chi connectivity index (χ0) is 13.4. The van der Waals surface area contributed by atoms with Gasteiger partial charge in [-0.2, -0.15) is 0 Å². The Morgan fingerprint density at radius 1 is 1.11 bits per heavy atom. The summed E-state index contributed by atoms with van der Waals surface area (Å²) in [6, 6.07) is 0.789. The van der Waals surface area contributed by atoms with Gasteiger partial charge in [0, 0.05) is 6.04 Å². The molecule has 0 aliphatic heterocycles. The summed E-state index contributed by atoms with van der Waals surface area (Å²) in [6.07, 6.45) is 11.2.